The van der Waals surface area contributed by atoms with Gasteiger partial charge in [-0.1, -0.05) is 28.1 Å². The van der Waals surface area contributed by atoms with Crippen LogP contribution in [0.4, 0.5) is 5.82 Å². The average molecular weight is 357 g/mol. The molecule has 2 rings (SSSR count). The van der Waals surface area contributed by atoms with Crippen molar-refractivity contribution < 1.29 is 0 Å². The van der Waals surface area contributed by atoms with Gasteiger partial charge in [-0.15, -0.1) is 0 Å². The van der Waals surface area contributed by atoms with Gasteiger partial charge in [0.1, 0.15) is 11.6 Å². The zero-order valence-corrected chi connectivity index (χ0v) is 12.4. The van der Waals surface area contributed by atoms with Gasteiger partial charge in [-0.25, -0.2) is 9.97 Å². The van der Waals surface area contributed by atoms with Crippen molar-refractivity contribution in [3.05, 3.63) is 50.3 Å². The normalized spacial score (nSPS) is 10.5. The van der Waals surface area contributed by atoms with Crippen molar-refractivity contribution >= 4 is 37.7 Å². The summed E-state index contributed by atoms with van der Waals surface area (Å²) >= 11 is 6.80. The summed E-state index contributed by atoms with van der Waals surface area (Å²) in [4.78, 5) is 8.67. The summed E-state index contributed by atoms with van der Waals surface area (Å²) in [6, 6.07) is 8.08. The van der Waals surface area contributed by atoms with Crippen LogP contribution in [0.2, 0.25) is 0 Å². The smallest absolute Gasteiger partial charge is 0.141 e. The maximum absolute atomic E-state index is 5.80. The van der Waals surface area contributed by atoms with Gasteiger partial charge < -0.3 is 5.73 Å². The number of nitrogens with zero attached hydrogens (tertiary/aromatic N) is 2. The minimum absolute atomic E-state index is 0.488. The third-order valence-corrected chi connectivity index (χ3v) is 3.81. The van der Waals surface area contributed by atoms with E-state index in [1.54, 1.807) is 0 Å². The molecule has 0 radical (unpaired) electrons. The summed E-state index contributed by atoms with van der Waals surface area (Å²) in [5, 5.41) is 0. The Morgan fingerprint density at radius 3 is 2.65 bits per heavy atom. The molecule has 0 aliphatic carbocycles. The van der Waals surface area contributed by atoms with Crippen LogP contribution in [0.3, 0.4) is 0 Å². The molecule has 1 heterocycles. The quantitative estimate of drug-likeness (QED) is 0.896. The molecule has 0 amide bonds. The number of hydrogen-bond donors (Lipinski definition) is 1. The van der Waals surface area contributed by atoms with Gasteiger partial charge in [-0.3, -0.25) is 0 Å². The number of rotatable bonds is 2. The maximum atomic E-state index is 5.80. The summed E-state index contributed by atoms with van der Waals surface area (Å²) in [7, 11) is 0. The number of benzene rings is 1. The Hall–Kier alpha value is -0.940. The minimum Gasteiger partial charge on any atom is -0.383 e. The molecular formula is C12H11Br2N3. The van der Waals surface area contributed by atoms with Crippen LogP contribution < -0.4 is 5.73 Å². The number of nitrogen functional groups attached to an aromatic ring is 1. The van der Waals surface area contributed by atoms with Crippen molar-refractivity contribution in [2.24, 2.45) is 0 Å². The minimum atomic E-state index is 0.488. The Bertz CT molecular complexity index is 532. The second kappa shape index (κ2) is 5.14. The van der Waals surface area contributed by atoms with Crippen molar-refractivity contribution in [1.29, 1.82) is 0 Å². The highest BCUT2D eigenvalue weighted by molar-refractivity contribution is 9.10. The Kier molecular flexibility index (Phi) is 3.79. The number of aryl methyl sites for hydroxylation is 1. The van der Waals surface area contributed by atoms with Crippen LogP contribution in [0.1, 0.15) is 17.1 Å². The molecule has 2 aromatic rings. The predicted molar refractivity (Wildman–Crippen MR) is 75.8 cm³/mol. The highest BCUT2D eigenvalue weighted by atomic mass is 79.9. The van der Waals surface area contributed by atoms with E-state index in [2.05, 4.69) is 47.9 Å². The molecule has 1 aromatic carbocycles. The Morgan fingerprint density at radius 2 is 2.00 bits per heavy atom. The molecule has 0 saturated carbocycles. The molecule has 0 aliphatic rings. The van der Waals surface area contributed by atoms with Gasteiger partial charge in [0.15, 0.2) is 0 Å². The predicted octanol–water partition coefficient (Wildman–Crippen LogP) is 3.48. The molecular weight excluding hydrogens is 346 g/mol. The third kappa shape index (κ3) is 3.04. The van der Waals surface area contributed by atoms with E-state index < -0.39 is 0 Å². The first-order valence-electron chi connectivity index (χ1n) is 5.09. The number of hydrogen-bond acceptors (Lipinski definition) is 3. The highest BCUT2D eigenvalue weighted by Crippen LogP contribution is 2.21. The molecule has 88 valence electrons. The second-order valence-electron chi connectivity index (χ2n) is 3.73. The fourth-order valence-corrected chi connectivity index (χ4v) is 2.17. The van der Waals surface area contributed by atoms with E-state index in [4.69, 9.17) is 5.73 Å². The lowest BCUT2D eigenvalue weighted by molar-refractivity contribution is 0.940. The van der Waals surface area contributed by atoms with Crippen LogP contribution in [0.25, 0.3) is 0 Å². The van der Waals surface area contributed by atoms with E-state index in [0.717, 1.165) is 26.0 Å². The van der Waals surface area contributed by atoms with Gasteiger partial charge in [0, 0.05) is 10.9 Å². The second-order valence-corrected chi connectivity index (χ2v) is 5.44. The zero-order valence-electron chi connectivity index (χ0n) is 9.24. The lowest BCUT2D eigenvalue weighted by Crippen LogP contribution is -2.03. The van der Waals surface area contributed by atoms with Crippen LogP contribution in [0.15, 0.2) is 33.2 Å². The molecule has 3 nitrogen and oxygen atoms in total. The van der Waals surface area contributed by atoms with Crippen LogP contribution in [0, 0.1) is 6.92 Å². The van der Waals surface area contributed by atoms with Crippen LogP contribution in [0.5, 0.6) is 0 Å². The fraction of sp³-hybridized carbons (Fsp3) is 0.167. The summed E-state index contributed by atoms with van der Waals surface area (Å²) < 4.78 is 1.83. The Morgan fingerprint density at radius 1 is 1.24 bits per heavy atom. The summed E-state index contributed by atoms with van der Waals surface area (Å²) in [5.74, 6) is 1.23. The Balaban J connectivity index is 2.31. The van der Waals surface area contributed by atoms with E-state index in [0.29, 0.717) is 12.2 Å². The van der Waals surface area contributed by atoms with Gasteiger partial charge >= 0.3 is 0 Å². The molecule has 0 unspecified atom stereocenters. The van der Waals surface area contributed by atoms with Crippen LogP contribution >= 0.6 is 31.9 Å². The molecule has 0 saturated heterocycles. The maximum Gasteiger partial charge on any atom is 0.141 e. The molecule has 5 heteroatoms. The topological polar surface area (TPSA) is 51.8 Å². The van der Waals surface area contributed by atoms with E-state index in [1.165, 1.54) is 0 Å². The Labute approximate surface area is 117 Å². The largest absolute Gasteiger partial charge is 0.383 e. The zero-order chi connectivity index (χ0) is 12.4. The molecule has 2 N–H and O–H groups in total. The number of nitrogens with two attached hydrogens (primary N) is 1. The van der Waals surface area contributed by atoms with Gasteiger partial charge in [-0.05, 0) is 40.5 Å². The van der Waals surface area contributed by atoms with Crippen molar-refractivity contribution in [3.63, 3.8) is 0 Å². The molecule has 1 aromatic heterocycles. The number of anilines is 1. The number of aromatic nitrogens is 2. The molecule has 0 aliphatic heterocycles. The first-order chi connectivity index (χ1) is 8.06. The number of halogens is 2. The van der Waals surface area contributed by atoms with Gasteiger partial charge in [0.25, 0.3) is 0 Å². The SMILES string of the molecule is Cc1nc(Cc2cccc(Br)c2)nc(N)c1Br. The van der Waals surface area contributed by atoms with Crippen LogP contribution in [-0.4, -0.2) is 9.97 Å². The van der Waals surface area contributed by atoms with Crippen molar-refractivity contribution in [2.75, 3.05) is 5.73 Å². The highest BCUT2D eigenvalue weighted by Gasteiger charge is 2.07. The summed E-state index contributed by atoms with van der Waals surface area (Å²) in [5.41, 5.74) is 7.81. The molecule has 0 fully saturated rings. The van der Waals surface area contributed by atoms with E-state index in [1.807, 2.05) is 25.1 Å². The van der Waals surface area contributed by atoms with Crippen LogP contribution in [-0.2, 0) is 6.42 Å². The van der Waals surface area contributed by atoms with Crippen molar-refractivity contribution in [2.45, 2.75) is 13.3 Å². The van der Waals surface area contributed by atoms with Crippen molar-refractivity contribution in [3.8, 4) is 0 Å². The van der Waals surface area contributed by atoms with Crippen molar-refractivity contribution in [1.82, 2.24) is 9.97 Å². The van der Waals surface area contributed by atoms with Gasteiger partial charge in [0.2, 0.25) is 0 Å². The lowest BCUT2D eigenvalue weighted by Gasteiger charge is -2.06. The van der Waals surface area contributed by atoms with E-state index >= 15 is 0 Å². The van der Waals surface area contributed by atoms with Gasteiger partial charge in [0.05, 0.1) is 10.2 Å². The van der Waals surface area contributed by atoms with E-state index in [-0.39, 0.29) is 0 Å². The molecule has 0 bridgehead atoms. The van der Waals surface area contributed by atoms with Gasteiger partial charge in [-0.2, -0.15) is 0 Å². The first kappa shape index (κ1) is 12.5. The molecule has 0 atom stereocenters. The van der Waals surface area contributed by atoms with E-state index in [9.17, 15) is 0 Å². The first-order valence-corrected chi connectivity index (χ1v) is 6.68. The average Bonchev–Trinajstić information content (AvgIpc) is 2.26. The standard InChI is InChI=1S/C12H11Br2N3/c1-7-11(14)12(15)17-10(16-7)6-8-3-2-4-9(13)5-8/h2-5H,6H2,1H3,(H2,15,16,17). The summed E-state index contributed by atoms with van der Waals surface area (Å²) in [6.45, 7) is 1.91. The lowest BCUT2D eigenvalue weighted by atomic mass is 10.1. The molecule has 0 spiro atoms. The summed E-state index contributed by atoms with van der Waals surface area (Å²) in [6.07, 6.45) is 0.678. The fourth-order valence-electron chi connectivity index (χ4n) is 1.55. The molecule has 17 heavy (non-hydrogen) atoms. The third-order valence-electron chi connectivity index (χ3n) is 2.34. The monoisotopic (exact) mass is 355 g/mol.